The molecule has 0 aromatic rings. The molecule has 1 nitrogen and oxygen atoms in total. The average Bonchev–Trinajstić information content (AvgIpc) is 1.94. The van der Waals surface area contributed by atoms with E-state index in [0.29, 0.717) is 0 Å². The first-order valence-electron chi connectivity index (χ1n) is 2.60. The Kier molecular flexibility index (Phi) is 1.45. The fourth-order valence-electron chi connectivity index (χ4n) is 0.512. The van der Waals surface area contributed by atoms with Gasteiger partial charge < -0.3 is 0 Å². The van der Waals surface area contributed by atoms with Crippen molar-refractivity contribution in [2.45, 2.75) is 6.92 Å². The van der Waals surface area contributed by atoms with Crippen molar-refractivity contribution in [2.75, 3.05) is 0 Å². The Hall–Kier alpha value is -1.07. The minimum Gasteiger partial charge on any atom is -0.0979 e. The zero-order valence-corrected chi connectivity index (χ0v) is 4.83. The van der Waals surface area contributed by atoms with Gasteiger partial charge in [0.2, 0.25) is 0 Å². The first kappa shape index (κ1) is 5.07. The summed E-state index contributed by atoms with van der Waals surface area (Å²) in [6.07, 6.45) is 9.60. The van der Waals surface area contributed by atoms with Crippen molar-refractivity contribution >= 4 is 11.9 Å². The van der Waals surface area contributed by atoms with Crippen LogP contribution in [0.2, 0.25) is 0 Å². The lowest BCUT2D eigenvalue weighted by Gasteiger charge is -1.62. The van der Waals surface area contributed by atoms with Gasteiger partial charge >= 0.3 is 5.71 Å². The number of rotatable bonds is 0. The van der Waals surface area contributed by atoms with E-state index in [1.807, 2.05) is 31.2 Å². The molecule has 0 aromatic heterocycles. The normalized spacial score (nSPS) is 15.9. The van der Waals surface area contributed by atoms with Crippen LogP contribution in [0.1, 0.15) is 6.92 Å². The van der Waals surface area contributed by atoms with E-state index in [1.165, 1.54) is 0 Å². The van der Waals surface area contributed by atoms with Gasteiger partial charge in [-0.15, -0.1) is 0 Å². The molecule has 0 N–H and O–H groups in total. The minimum absolute atomic E-state index is 1.05. The molecule has 0 unspecified atom stereocenters. The Morgan fingerprint density at radius 3 is 3.00 bits per heavy atom. The summed E-state index contributed by atoms with van der Waals surface area (Å²) in [4.78, 5) is 0. The van der Waals surface area contributed by atoms with Crippen LogP contribution < -0.4 is 4.67 Å². The molecule has 0 radical (unpaired) electrons. The summed E-state index contributed by atoms with van der Waals surface area (Å²) in [5.74, 6) is 0. The Morgan fingerprint density at radius 2 is 2.12 bits per heavy atom. The van der Waals surface area contributed by atoms with Crippen LogP contribution >= 0.6 is 0 Å². The van der Waals surface area contributed by atoms with E-state index in [9.17, 15) is 0 Å². The summed E-state index contributed by atoms with van der Waals surface area (Å²) >= 11 is 0. The third-order valence-corrected chi connectivity index (χ3v) is 0.924. The number of hydrogen-bond acceptors (Lipinski definition) is 0. The highest BCUT2D eigenvalue weighted by Gasteiger charge is 1.91. The predicted octanol–water partition coefficient (Wildman–Crippen LogP) is 0.711. The van der Waals surface area contributed by atoms with Gasteiger partial charge in [0.25, 0.3) is 6.21 Å². The fourth-order valence-corrected chi connectivity index (χ4v) is 0.512. The first-order chi connectivity index (χ1) is 3.89. The molecule has 1 aliphatic heterocycles. The molecule has 40 valence electrons. The van der Waals surface area contributed by atoms with Crippen LogP contribution in [0.5, 0.6) is 0 Å². The highest BCUT2D eigenvalue weighted by Crippen LogP contribution is 1.78. The van der Waals surface area contributed by atoms with Crippen LogP contribution in [0.3, 0.4) is 0 Å². The fraction of sp³-hybridized carbons (Fsp3) is 0.143. The highest BCUT2D eigenvalue weighted by molar-refractivity contribution is 5.95. The third kappa shape index (κ3) is 1.21. The summed E-state index contributed by atoms with van der Waals surface area (Å²) in [7, 11) is 0. The van der Waals surface area contributed by atoms with Crippen molar-refractivity contribution in [3.05, 3.63) is 24.3 Å². The molecule has 0 amide bonds. The largest absolute Gasteiger partial charge is 0.300 e. The molecule has 0 fully saturated rings. The van der Waals surface area contributed by atoms with Gasteiger partial charge in [0.1, 0.15) is 0 Å². The monoisotopic (exact) mass is 106 g/mol. The van der Waals surface area contributed by atoms with E-state index < -0.39 is 0 Å². The molecule has 1 heterocycles. The molecule has 0 atom stereocenters. The van der Waals surface area contributed by atoms with E-state index in [0.717, 1.165) is 5.71 Å². The van der Waals surface area contributed by atoms with Gasteiger partial charge in [0, 0.05) is 19.1 Å². The van der Waals surface area contributed by atoms with Gasteiger partial charge in [0.15, 0.2) is 0 Å². The van der Waals surface area contributed by atoms with Crippen molar-refractivity contribution in [1.82, 2.24) is 4.67 Å². The number of allylic oxidation sites excluding steroid dienone is 4. The molecule has 0 spiro atoms. The molecular formula is C7H8N+. The summed E-state index contributed by atoms with van der Waals surface area (Å²) in [5, 5.41) is 0. The maximum atomic E-state index is 4.04. The van der Waals surface area contributed by atoms with E-state index in [2.05, 4.69) is 4.67 Å². The van der Waals surface area contributed by atoms with E-state index in [4.69, 9.17) is 0 Å². The summed E-state index contributed by atoms with van der Waals surface area (Å²) in [6, 6.07) is 0. The Bertz CT molecular complexity index is 190. The van der Waals surface area contributed by atoms with Gasteiger partial charge in [-0.2, -0.15) is 0 Å². The molecule has 1 rings (SSSR count). The summed E-state index contributed by atoms with van der Waals surface area (Å²) in [5.41, 5.74) is 1.05. The maximum absolute atomic E-state index is 4.04. The van der Waals surface area contributed by atoms with Crippen molar-refractivity contribution in [2.24, 2.45) is 0 Å². The first-order valence-corrected chi connectivity index (χ1v) is 2.60. The lowest BCUT2D eigenvalue weighted by atomic mass is 10.4. The minimum atomic E-state index is 1.05. The van der Waals surface area contributed by atoms with Crippen LogP contribution in [-0.2, 0) is 0 Å². The lowest BCUT2D eigenvalue weighted by molar-refractivity contribution is 1.64. The quantitative estimate of drug-likeness (QED) is 0.404. The molecule has 0 aliphatic carbocycles. The van der Waals surface area contributed by atoms with Crippen LogP contribution in [-0.4, -0.2) is 11.9 Å². The predicted molar refractivity (Wildman–Crippen MR) is 37.2 cm³/mol. The molecule has 0 saturated carbocycles. The molecule has 8 heavy (non-hydrogen) atoms. The van der Waals surface area contributed by atoms with Crippen molar-refractivity contribution in [3.63, 3.8) is 0 Å². The van der Waals surface area contributed by atoms with Crippen LogP contribution in [0.15, 0.2) is 24.3 Å². The zero-order chi connectivity index (χ0) is 5.82. The summed E-state index contributed by atoms with van der Waals surface area (Å²) < 4.78 is 4.04. The smallest absolute Gasteiger partial charge is 0.0979 e. The molecule has 0 saturated heterocycles. The average molecular weight is 106 g/mol. The maximum Gasteiger partial charge on any atom is 0.300 e. The van der Waals surface area contributed by atoms with Gasteiger partial charge in [-0.1, -0.05) is 16.8 Å². The summed E-state index contributed by atoms with van der Waals surface area (Å²) in [6.45, 7) is 1.97. The molecular weight excluding hydrogens is 98.1 g/mol. The standard InChI is InChI=1S/C7H8N/c1-7-5-3-2-4-6-8-7/h2-6H,1H3/q+1. The van der Waals surface area contributed by atoms with Crippen LogP contribution in [0.4, 0.5) is 0 Å². The van der Waals surface area contributed by atoms with Gasteiger partial charge in [-0.3, -0.25) is 0 Å². The van der Waals surface area contributed by atoms with Crippen LogP contribution in [0, 0.1) is 0 Å². The Balaban J connectivity index is 2.95. The molecule has 0 aromatic carbocycles. The van der Waals surface area contributed by atoms with E-state index in [-0.39, 0.29) is 0 Å². The van der Waals surface area contributed by atoms with Gasteiger partial charge in [-0.05, 0) is 0 Å². The topological polar surface area (TPSA) is 14.1 Å². The highest BCUT2D eigenvalue weighted by atomic mass is 14.5. The van der Waals surface area contributed by atoms with E-state index in [1.54, 1.807) is 6.21 Å². The van der Waals surface area contributed by atoms with Gasteiger partial charge in [-0.25, -0.2) is 0 Å². The number of nitrogens with zero attached hydrogens (tertiary/aromatic N) is 1. The second-order valence-electron chi connectivity index (χ2n) is 1.66. The van der Waals surface area contributed by atoms with Crippen molar-refractivity contribution in [1.29, 1.82) is 0 Å². The molecule has 0 bridgehead atoms. The number of hydrogen-bond donors (Lipinski definition) is 0. The van der Waals surface area contributed by atoms with Crippen molar-refractivity contribution < 1.29 is 0 Å². The lowest BCUT2D eigenvalue weighted by Crippen LogP contribution is -1.87. The second-order valence-corrected chi connectivity index (χ2v) is 1.66. The van der Waals surface area contributed by atoms with Gasteiger partial charge in [0.05, 0.1) is 0 Å². The second kappa shape index (κ2) is 2.29. The molecule has 1 aliphatic rings. The zero-order valence-electron chi connectivity index (χ0n) is 4.83. The molecule has 1 heteroatoms. The van der Waals surface area contributed by atoms with E-state index >= 15 is 0 Å². The van der Waals surface area contributed by atoms with Crippen LogP contribution in [0.25, 0.3) is 0 Å². The Labute approximate surface area is 48.8 Å². The third-order valence-electron chi connectivity index (χ3n) is 0.924. The van der Waals surface area contributed by atoms with Crippen molar-refractivity contribution in [3.8, 4) is 0 Å². The SMILES string of the molecule is CC1=[N+]=CC=CC=C1. The Morgan fingerprint density at radius 1 is 1.25 bits per heavy atom.